The standard InChI is InChI=1S/C26H26F3N5O4/c1-15-6-2-3-11-30-22(35)16-7-4-8-17(12-16)23(36)32-25-31-20-10-5-9-19(21(20)34(15)25)24(37)33-13-18(14-33)38-26(27,28)29/h4-5,7-10,12,15,18H,2-3,6,11,13-14H2,1H3,(H,30,35)(H,31,32,36)/t15-/m0/s1. The van der Waals surface area contributed by atoms with Crippen LogP contribution in [0.25, 0.3) is 11.0 Å². The number of carbonyl (C=O) groups is 3. The van der Waals surface area contributed by atoms with Crippen LogP contribution in [0, 0.1) is 0 Å². The van der Waals surface area contributed by atoms with E-state index in [1.54, 1.807) is 41.0 Å². The first kappa shape index (κ1) is 25.7. The first-order chi connectivity index (χ1) is 18.1. The lowest BCUT2D eigenvalue weighted by Crippen LogP contribution is -2.56. The lowest BCUT2D eigenvalue weighted by molar-refractivity contribution is -0.352. The van der Waals surface area contributed by atoms with Gasteiger partial charge < -0.3 is 14.8 Å². The average molecular weight is 530 g/mol. The second kappa shape index (κ2) is 10.1. The van der Waals surface area contributed by atoms with Crippen molar-refractivity contribution in [2.24, 2.45) is 0 Å². The molecule has 200 valence electrons. The third-order valence-corrected chi connectivity index (χ3v) is 6.76. The second-order valence-corrected chi connectivity index (χ2v) is 9.51. The lowest BCUT2D eigenvalue weighted by Gasteiger charge is -2.39. The molecule has 1 saturated heterocycles. The third kappa shape index (κ3) is 5.21. The van der Waals surface area contributed by atoms with Gasteiger partial charge in [0.2, 0.25) is 5.95 Å². The van der Waals surface area contributed by atoms with Crippen molar-refractivity contribution in [3.63, 3.8) is 0 Å². The largest absolute Gasteiger partial charge is 0.522 e. The molecule has 12 heteroatoms. The van der Waals surface area contributed by atoms with Crippen LogP contribution in [0.5, 0.6) is 0 Å². The van der Waals surface area contributed by atoms with Crippen LogP contribution in [0.3, 0.4) is 0 Å². The molecule has 0 aliphatic carbocycles. The number of nitrogens with one attached hydrogen (secondary N) is 2. The number of carbonyl (C=O) groups excluding carboxylic acids is 3. The SMILES string of the molecule is C[C@H]1CCCCNC(=O)c2cccc(c2)C(=O)Nc2nc3cccc(C(=O)N4CC(OC(F)(F)F)C4)c3n21. The monoisotopic (exact) mass is 529 g/mol. The topological polar surface area (TPSA) is 106 Å². The number of nitrogens with zero attached hydrogens (tertiary/aromatic N) is 3. The Labute approximate surface area is 215 Å². The number of hydrogen-bond donors (Lipinski definition) is 2. The molecule has 2 aromatic carbocycles. The van der Waals surface area contributed by atoms with Crippen LogP contribution in [-0.2, 0) is 4.74 Å². The number of hydrogen-bond acceptors (Lipinski definition) is 5. The summed E-state index contributed by atoms with van der Waals surface area (Å²) < 4.78 is 43.4. The second-order valence-electron chi connectivity index (χ2n) is 9.51. The number of aromatic nitrogens is 2. The van der Waals surface area contributed by atoms with E-state index in [1.807, 2.05) is 6.92 Å². The molecule has 5 rings (SSSR count). The number of alkyl halides is 3. The Morgan fingerprint density at radius 3 is 2.50 bits per heavy atom. The highest BCUT2D eigenvalue weighted by atomic mass is 19.4. The number of halogens is 3. The highest BCUT2D eigenvalue weighted by molar-refractivity contribution is 6.08. The van der Waals surface area contributed by atoms with Crippen molar-refractivity contribution in [2.45, 2.75) is 44.7 Å². The molecule has 0 spiro atoms. The molecule has 2 aliphatic heterocycles. The van der Waals surface area contributed by atoms with E-state index in [0.717, 1.165) is 12.8 Å². The summed E-state index contributed by atoms with van der Waals surface area (Å²) in [6, 6.07) is 11.1. The molecule has 1 fully saturated rings. The van der Waals surface area contributed by atoms with Gasteiger partial charge in [0.1, 0.15) is 6.10 Å². The van der Waals surface area contributed by atoms with E-state index >= 15 is 0 Å². The zero-order chi connectivity index (χ0) is 27.0. The summed E-state index contributed by atoms with van der Waals surface area (Å²) in [5.41, 5.74) is 1.88. The third-order valence-electron chi connectivity index (χ3n) is 6.76. The van der Waals surface area contributed by atoms with Gasteiger partial charge in [0, 0.05) is 36.8 Å². The van der Waals surface area contributed by atoms with Gasteiger partial charge in [-0.15, -0.1) is 13.2 Å². The smallest absolute Gasteiger partial charge is 0.352 e. The van der Waals surface area contributed by atoms with Crippen molar-refractivity contribution in [1.29, 1.82) is 0 Å². The number of ether oxygens (including phenoxy) is 1. The minimum atomic E-state index is -4.76. The van der Waals surface area contributed by atoms with Crippen LogP contribution < -0.4 is 10.6 Å². The van der Waals surface area contributed by atoms with Crippen LogP contribution in [0.4, 0.5) is 19.1 Å². The van der Waals surface area contributed by atoms with Crippen molar-refractivity contribution < 1.29 is 32.3 Å². The Morgan fingerprint density at radius 1 is 1.05 bits per heavy atom. The van der Waals surface area contributed by atoms with Gasteiger partial charge in [0.25, 0.3) is 17.7 Å². The molecule has 2 bridgehead atoms. The van der Waals surface area contributed by atoms with Gasteiger partial charge in [0.05, 0.1) is 16.6 Å². The van der Waals surface area contributed by atoms with Crippen molar-refractivity contribution >= 4 is 34.7 Å². The summed E-state index contributed by atoms with van der Waals surface area (Å²) in [5.74, 6) is -0.919. The maximum Gasteiger partial charge on any atom is 0.522 e. The predicted molar refractivity (Wildman–Crippen MR) is 132 cm³/mol. The summed E-state index contributed by atoms with van der Waals surface area (Å²) >= 11 is 0. The molecular weight excluding hydrogens is 503 g/mol. The van der Waals surface area contributed by atoms with Crippen LogP contribution >= 0.6 is 0 Å². The maximum atomic E-state index is 13.3. The molecule has 0 unspecified atom stereocenters. The van der Waals surface area contributed by atoms with Gasteiger partial charge in [-0.3, -0.25) is 24.4 Å². The summed E-state index contributed by atoms with van der Waals surface area (Å²) in [4.78, 5) is 44.8. The first-order valence-corrected chi connectivity index (χ1v) is 12.3. The van der Waals surface area contributed by atoms with Crippen LogP contribution in [0.15, 0.2) is 42.5 Å². The quantitative estimate of drug-likeness (QED) is 0.520. The number of anilines is 1. The molecule has 3 amide bonds. The Morgan fingerprint density at radius 2 is 1.76 bits per heavy atom. The number of amides is 3. The maximum absolute atomic E-state index is 13.3. The van der Waals surface area contributed by atoms with E-state index in [9.17, 15) is 27.6 Å². The number of para-hydroxylation sites is 1. The van der Waals surface area contributed by atoms with Crippen molar-refractivity contribution in [2.75, 3.05) is 25.0 Å². The Bertz CT molecular complexity index is 1400. The van der Waals surface area contributed by atoms with E-state index < -0.39 is 24.3 Å². The van der Waals surface area contributed by atoms with E-state index in [1.165, 1.54) is 11.0 Å². The normalized spacial score (nSPS) is 19.3. The molecule has 38 heavy (non-hydrogen) atoms. The minimum Gasteiger partial charge on any atom is -0.352 e. The zero-order valence-corrected chi connectivity index (χ0v) is 20.5. The van der Waals surface area contributed by atoms with Gasteiger partial charge in [0.15, 0.2) is 0 Å². The van der Waals surface area contributed by atoms with Crippen molar-refractivity contribution in [3.8, 4) is 0 Å². The number of benzene rings is 2. The van der Waals surface area contributed by atoms with E-state index in [2.05, 4.69) is 20.4 Å². The van der Waals surface area contributed by atoms with Gasteiger partial charge in [-0.25, -0.2) is 4.98 Å². The Balaban J connectivity index is 1.51. The fourth-order valence-electron chi connectivity index (χ4n) is 4.85. The number of rotatable bonds is 2. The summed E-state index contributed by atoms with van der Waals surface area (Å²) in [6.07, 6.45) is -3.71. The van der Waals surface area contributed by atoms with E-state index in [4.69, 9.17) is 0 Å². The van der Waals surface area contributed by atoms with Crippen LogP contribution in [-0.4, -0.2) is 64.3 Å². The van der Waals surface area contributed by atoms with Gasteiger partial charge in [-0.2, -0.15) is 0 Å². The molecule has 3 heterocycles. The molecular formula is C26H26F3N5O4. The summed E-state index contributed by atoms with van der Waals surface area (Å²) in [7, 11) is 0. The molecule has 0 saturated carbocycles. The van der Waals surface area contributed by atoms with Gasteiger partial charge >= 0.3 is 6.36 Å². The predicted octanol–water partition coefficient (Wildman–Crippen LogP) is 4.12. The summed E-state index contributed by atoms with van der Waals surface area (Å²) in [5, 5.41) is 5.69. The highest BCUT2D eigenvalue weighted by Gasteiger charge is 2.41. The van der Waals surface area contributed by atoms with Crippen LogP contribution in [0.1, 0.15) is 63.3 Å². The Hall–Kier alpha value is -3.93. The Kier molecular flexibility index (Phi) is 6.82. The fraction of sp³-hybridized carbons (Fsp3) is 0.385. The van der Waals surface area contributed by atoms with E-state index in [0.29, 0.717) is 29.6 Å². The fourth-order valence-corrected chi connectivity index (χ4v) is 4.85. The van der Waals surface area contributed by atoms with Gasteiger partial charge in [-0.1, -0.05) is 12.1 Å². The molecule has 3 aromatic rings. The number of likely N-dealkylation sites (tertiary alicyclic amines) is 1. The number of fused-ring (bicyclic) bond motifs is 5. The molecule has 9 nitrogen and oxygen atoms in total. The molecule has 2 N–H and O–H groups in total. The summed E-state index contributed by atoms with van der Waals surface area (Å²) in [6.45, 7) is 2.06. The van der Waals surface area contributed by atoms with Crippen molar-refractivity contribution in [1.82, 2.24) is 19.8 Å². The zero-order valence-electron chi connectivity index (χ0n) is 20.5. The molecule has 2 aliphatic rings. The molecule has 0 radical (unpaired) electrons. The number of imidazole rings is 1. The highest BCUT2D eigenvalue weighted by Crippen LogP contribution is 2.32. The van der Waals surface area contributed by atoms with E-state index in [-0.39, 0.29) is 42.1 Å². The van der Waals surface area contributed by atoms with Crippen LogP contribution in [0.2, 0.25) is 0 Å². The van der Waals surface area contributed by atoms with Gasteiger partial charge in [-0.05, 0) is 56.5 Å². The first-order valence-electron chi connectivity index (χ1n) is 12.3. The molecule has 1 atom stereocenters. The minimum absolute atomic E-state index is 0.177. The molecule has 1 aromatic heterocycles. The lowest BCUT2D eigenvalue weighted by atomic mass is 10.1. The van der Waals surface area contributed by atoms with Crippen molar-refractivity contribution in [3.05, 3.63) is 59.2 Å². The average Bonchev–Trinajstić information content (AvgIpc) is 3.22.